The Morgan fingerprint density at radius 3 is 2.67 bits per heavy atom. The highest BCUT2D eigenvalue weighted by molar-refractivity contribution is 5.80. The molecule has 0 aromatic carbocycles. The third kappa shape index (κ3) is 9.72. The van der Waals surface area contributed by atoms with Crippen molar-refractivity contribution in [3.63, 3.8) is 0 Å². The van der Waals surface area contributed by atoms with Crippen LogP contribution in [0.25, 0.3) is 0 Å². The molecule has 7 heteroatoms. The Bertz CT molecular complexity index is 382. The first-order chi connectivity index (χ1) is 11.5. The fourth-order valence-corrected chi connectivity index (χ4v) is 2.45. The fourth-order valence-electron chi connectivity index (χ4n) is 2.45. The quantitative estimate of drug-likeness (QED) is 0.314. The maximum absolute atomic E-state index is 10.9. The molecule has 140 valence electrons. The van der Waals surface area contributed by atoms with Crippen LogP contribution in [0.5, 0.6) is 0 Å². The van der Waals surface area contributed by atoms with Crippen LogP contribution in [0.3, 0.4) is 0 Å². The molecule has 1 saturated heterocycles. The summed E-state index contributed by atoms with van der Waals surface area (Å²) in [6.07, 6.45) is 3.56. The molecular weight excluding hydrogens is 308 g/mol. The first kappa shape index (κ1) is 20.7. The number of carbonyl (C=O) groups is 1. The normalized spacial score (nSPS) is 19.4. The molecule has 7 nitrogen and oxygen atoms in total. The van der Waals surface area contributed by atoms with Crippen molar-refractivity contribution in [2.75, 3.05) is 32.8 Å². The molecule has 1 fully saturated rings. The highest BCUT2D eigenvalue weighted by Gasteiger charge is 2.22. The molecule has 0 bridgehead atoms. The van der Waals surface area contributed by atoms with Crippen molar-refractivity contribution in [1.82, 2.24) is 16.0 Å². The summed E-state index contributed by atoms with van der Waals surface area (Å²) in [6, 6.07) is 0.200. The summed E-state index contributed by atoms with van der Waals surface area (Å²) in [7, 11) is 0. The molecule has 24 heavy (non-hydrogen) atoms. The molecule has 0 saturated carbocycles. The largest absolute Gasteiger partial charge is 0.379 e. The number of amides is 1. The van der Waals surface area contributed by atoms with Gasteiger partial charge in [0.25, 0.3) is 0 Å². The van der Waals surface area contributed by atoms with E-state index in [1.807, 2.05) is 13.8 Å². The van der Waals surface area contributed by atoms with E-state index in [0.29, 0.717) is 26.2 Å². The summed E-state index contributed by atoms with van der Waals surface area (Å²) < 4.78 is 11.3. The Morgan fingerprint density at radius 1 is 1.29 bits per heavy atom. The van der Waals surface area contributed by atoms with E-state index in [-0.39, 0.29) is 24.2 Å². The summed E-state index contributed by atoms with van der Waals surface area (Å²) >= 11 is 0. The van der Waals surface area contributed by atoms with Crippen molar-refractivity contribution in [3.8, 4) is 0 Å². The molecule has 0 aromatic heterocycles. The van der Waals surface area contributed by atoms with E-state index in [1.165, 1.54) is 6.92 Å². The SMILES string of the molecule is CC(=O)NCCNC(=NCCCOC(C)C)N[C@H](C)[C@H]1CCCO1. The first-order valence-corrected chi connectivity index (χ1v) is 9.01. The van der Waals surface area contributed by atoms with Gasteiger partial charge in [0.15, 0.2) is 5.96 Å². The van der Waals surface area contributed by atoms with Gasteiger partial charge in [-0.05, 0) is 40.0 Å². The first-order valence-electron chi connectivity index (χ1n) is 9.01. The minimum absolute atomic E-state index is 0.0261. The van der Waals surface area contributed by atoms with Gasteiger partial charge in [0.1, 0.15) is 0 Å². The zero-order chi connectivity index (χ0) is 17.8. The predicted octanol–water partition coefficient (Wildman–Crippen LogP) is 1.04. The number of nitrogens with one attached hydrogen (secondary N) is 3. The Balaban J connectivity index is 2.39. The summed E-state index contributed by atoms with van der Waals surface area (Å²) in [5, 5.41) is 9.43. The lowest BCUT2D eigenvalue weighted by molar-refractivity contribution is -0.118. The van der Waals surface area contributed by atoms with E-state index in [9.17, 15) is 4.79 Å². The predicted molar refractivity (Wildman–Crippen MR) is 96.3 cm³/mol. The summed E-state index contributed by atoms with van der Waals surface area (Å²) in [4.78, 5) is 15.5. The third-order valence-electron chi connectivity index (χ3n) is 3.70. The van der Waals surface area contributed by atoms with Gasteiger partial charge in [-0.15, -0.1) is 0 Å². The van der Waals surface area contributed by atoms with E-state index in [2.05, 4.69) is 27.9 Å². The zero-order valence-corrected chi connectivity index (χ0v) is 15.6. The van der Waals surface area contributed by atoms with Gasteiger partial charge < -0.3 is 25.4 Å². The van der Waals surface area contributed by atoms with Crippen LogP contribution in [0.2, 0.25) is 0 Å². The number of ether oxygens (including phenoxy) is 2. The summed E-state index contributed by atoms with van der Waals surface area (Å²) in [6.45, 7) is 11.1. The third-order valence-corrected chi connectivity index (χ3v) is 3.70. The smallest absolute Gasteiger partial charge is 0.216 e. The van der Waals surface area contributed by atoms with Gasteiger partial charge in [-0.1, -0.05) is 0 Å². The van der Waals surface area contributed by atoms with Gasteiger partial charge in [0.2, 0.25) is 5.91 Å². The number of hydrogen-bond donors (Lipinski definition) is 3. The molecule has 0 aliphatic carbocycles. The minimum Gasteiger partial charge on any atom is -0.379 e. The van der Waals surface area contributed by atoms with Gasteiger partial charge in [0.05, 0.1) is 18.2 Å². The zero-order valence-electron chi connectivity index (χ0n) is 15.6. The van der Waals surface area contributed by atoms with E-state index < -0.39 is 0 Å². The molecule has 0 spiro atoms. The molecule has 3 N–H and O–H groups in total. The molecule has 0 unspecified atom stereocenters. The Morgan fingerprint density at radius 2 is 2.04 bits per heavy atom. The van der Waals surface area contributed by atoms with Crippen LogP contribution >= 0.6 is 0 Å². The lowest BCUT2D eigenvalue weighted by Crippen LogP contribution is -2.48. The van der Waals surface area contributed by atoms with E-state index in [0.717, 1.165) is 31.8 Å². The molecule has 1 aliphatic rings. The lowest BCUT2D eigenvalue weighted by atomic mass is 10.1. The second kappa shape index (κ2) is 12.1. The standard InChI is InChI=1S/C17H34N4O3/c1-13(2)23-12-6-8-19-17(20-10-9-18-15(4)22)21-14(3)16-7-5-11-24-16/h13-14,16H,5-12H2,1-4H3,(H,18,22)(H2,19,20,21)/t14-,16-/m1/s1. The van der Waals surface area contributed by atoms with Crippen LogP contribution < -0.4 is 16.0 Å². The van der Waals surface area contributed by atoms with Crippen LogP contribution in [-0.4, -0.2) is 63.0 Å². The van der Waals surface area contributed by atoms with E-state index >= 15 is 0 Å². The van der Waals surface area contributed by atoms with Crippen LogP contribution in [0.4, 0.5) is 0 Å². The van der Waals surface area contributed by atoms with Crippen molar-refractivity contribution >= 4 is 11.9 Å². The van der Waals surface area contributed by atoms with Gasteiger partial charge >= 0.3 is 0 Å². The Hall–Kier alpha value is -1.34. The molecule has 1 heterocycles. The van der Waals surface area contributed by atoms with Crippen molar-refractivity contribution in [1.29, 1.82) is 0 Å². The number of nitrogens with zero attached hydrogens (tertiary/aromatic N) is 1. The van der Waals surface area contributed by atoms with Crippen LogP contribution in [-0.2, 0) is 14.3 Å². The molecule has 2 atom stereocenters. The number of rotatable bonds is 10. The van der Waals surface area contributed by atoms with Crippen molar-refractivity contribution in [3.05, 3.63) is 0 Å². The van der Waals surface area contributed by atoms with Crippen LogP contribution in [0, 0.1) is 0 Å². The van der Waals surface area contributed by atoms with Gasteiger partial charge in [-0.2, -0.15) is 0 Å². The number of guanidine groups is 1. The topological polar surface area (TPSA) is 84.0 Å². The molecule has 1 rings (SSSR count). The Kier molecular flexibility index (Phi) is 10.4. The van der Waals surface area contributed by atoms with Crippen LogP contribution in [0.1, 0.15) is 47.0 Å². The number of hydrogen-bond acceptors (Lipinski definition) is 4. The molecule has 0 radical (unpaired) electrons. The maximum atomic E-state index is 10.9. The maximum Gasteiger partial charge on any atom is 0.216 e. The average Bonchev–Trinajstić information content (AvgIpc) is 3.04. The van der Waals surface area contributed by atoms with Gasteiger partial charge in [0, 0.05) is 39.8 Å². The van der Waals surface area contributed by atoms with Crippen molar-refractivity contribution < 1.29 is 14.3 Å². The fraction of sp³-hybridized carbons (Fsp3) is 0.882. The second-order valence-electron chi connectivity index (χ2n) is 6.40. The molecule has 0 aromatic rings. The molecular formula is C17H34N4O3. The van der Waals surface area contributed by atoms with Crippen molar-refractivity contribution in [2.45, 2.75) is 65.2 Å². The van der Waals surface area contributed by atoms with E-state index in [4.69, 9.17) is 9.47 Å². The van der Waals surface area contributed by atoms with Gasteiger partial charge in [-0.25, -0.2) is 0 Å². The molecule has 1 amide bonds. The van der Waals surface area contributed by atoms with Crippen molar-refractivity contribution in [2.24, 2.45) is 4.99 Å². The highest BCUT2D eigenvalue weighted by Crippen LogP contribution is 2.15. The number of aliphatic imine (C=N–C) groups is 1. The van der Waals surface area contributed by atoms with E-state index in [1.54, 1.807) is 0 Å². The summed E-state index contributed by atoms with van der Waals surface area (Å²) in [5.74, 6) is 0.731. The molecule has 1 aliphatic heterocycles. The summed E-state index contributed by atoms with van der Waals surface area (Å²) in [5.41, 5.74) is 0. The minimum atomic E-state index is -0.0261. The van der Waals surface area contributed by atoms with Crippen LogP contribution in [0.15, 0.2) is 4.99 Å². The number of carbonyl (C=O) groups excluding carboxylic acids is 1. The Labute approximate surface area is 146 Å². The monoisotopic (exact) mass is 342 g/mol. The lowest BCUT2D eigenvalue weighted by Gasteiger charge is -2.23. The second-order valence-corrected chi connectivity index (χ2v) is 6.40. The van der Waals surface area contributed by atoms with Gasteiger partial charge in [-0.3, -0.25) is 9.79 Å². The highest BCUT2D eigenvalue weighted by atomic mass is 16.5. The average molecular weight is 342 g/mol.